The zero-order chi connectivity index (χ0) is 17.5. The molecule has 3 aromatic rings. The van der Waals surface area contributed by atoms with Gasteiger partial charge in [-0.05, 0) is 53.4 Å². The summed E-state index contributed by atoms with van der Waals surface area (Å²) in [5.41, 5.74) is 1.91. The summed E-state index contributed by atoms with van der Waals surface area (Å²) >= 11 is 1.64. The van der Waals surface area contributed by atoms with Gasteiger partial charge in [-0.2, -0.15) is 0 Å². The fourth-order valence-electron chi connectivity index (χ4n) is 2.22. The van der Waals surface area contributed by atoms with E-state index in [1.165, 1.54) is 0 Å². The van der Waals surface area contributed by atoms with E-state index in [4.69, 9.17) is 9.47 Å². The number of methoxy groups -OCH3 is 1. The molecular formula is C19H18N2O3S. The van der Waals surface area contributed by atoms with E-state index in [1.807, 2.05) is 29.6 Å². The zero-order valence-electron chi connectivity index (χ0n) is 13.8. The summed E-state index contributed by atoms with van der Waals surface area (Å²) in [6.07, 6.45) is 1.75. The van der Waals surface area contributed by atoms with Gasteiger partial charge in [-0.25, -0.2) is 0 Å². The van der Waals surface area contributed by atoms with Crippen molar-refractivity contribution in [3.05, 3.63) is 65.7 Å². The maximum Gasteiger partial charge on any atom is 0.258 e. The van der Waals surface area contributed by atoms with Crippen LogP contribution in [0.25, 0.3) is 10.6 Å². The van der Waals surface area contributed by atoms with E-state index in [2.05, 4.69) is 10.3 Å². The van der Waals surface area contributed by atoms with Crippen LogP contribution in [-0.2, 0) is 11.3 Å². The number of nitrogens with one attached hydrogen (secondary N) is 1. The van der Waals surface area contributed by atoms with Gasteiger partial charge in [-0.1, -0.05) is 6.07 Å². The number of hydrogen-bond acceptors (Lipinski definition) is 5. The lowest BCUT2D eigenvalue weighted by Gasteiger charge is -2.08. The van der Waals surface area contributed by atoms with Crippen LogP contribution < -0.4 is 14.8 Å². The number of nitrogens with zero attached hydrogens (tertiary/aromatic N) is 1. The molecular weight excluding hydrogens is 336 g/mol. The fraction of sp³-hybridized carbons (Fsp3) is 0.158. The molecule has 25 heavy (non-hydrogen) atoms. The van der Waals surface area contributed by atoms with Gasteiger partial charge >= 0.3 is 0 Å². The second-order valence-corrected chi connectivity index (χ2v) is 6.22. The molecule has 6 heteroatoms. The molecule has 0 spiro atoms. The van der Waals surface area contributed by atoms with Crippen molar-refractivity contribution in [1.82, 2.24) is 10.3 Å². The van der Waals surface area contributed by atoms with Crippen molar-refractivity contribution >= 4 is 17.2 Å². The minimum absolute atomic E-state index is 0.0325. The number of carbonyl (C=O) groups excluding carboxylic acids is 1. The second-order valence-electron chi connectivity index (χ2n) is 5.27. The minimum atomic E-state index is -0.176. The predicted molar refractivity (Wildman–Crippen MR) is 97.9 cm³/mol. The van der Waals surface area contributed by atoms with Crippen molar-refractivity contribution in [2.75, 3.05) is 13.7 Å². The van der Waals surface area contributed by atoms with E-state index in [1.54, 1.807) is 48.9 Å². The molecule has 0 saturated heterocycles. The zero-order valence-corrected chi connectivity index (χ0v) is 14.6. The lowest BCUT2D eigenvalue weighted by Crippen LogP contribution is -2.28. The molecule has 2 heterocycles. The number of hydrogen-bond donors (Lipinski definition) is 1. The summed E-state index contributed by atoms with van der Waals surface area (Å²) in [5, 5.41) is 4.87. The van der Waals surface area contributed by atoms with Crippen LogP contribution in [0.2, 0.25) is 0 Å². The van der Waals surface area contributed by atoms with Crippen LogP contribution in [0.3, 0.4) is 0 Å². The Bertz CT molecular complexity index is 817. The fourth-order valence-corrected chi connectivity index (χ4v) is 2.91. The summed E-state index contributed by atoms with van der Waals surface area (Å²) in [4.78, 5) is 17.4. The van der Waals surface area contributed by atoms with Gasteiger partial charge in [-0.3, -0.25) is 9.78 Å². The molecule has 0 unspecified atom stereocenters. The quantitative estimate of drug-likeness (QED) is 0.705. The van der Waals surface area contributed by atoms with Crippen LogP contribution in [-0.4, -0.2) is 24.6 Å². The van der Waals surface area contributed by atoms with Gasteiger partial charge in [-0.15, -0.1) is 11.3 Å². The molecule has 1 aromatic carbocycles. The molecule has 5 nitrogen and oxygen atoms in total. The minimum Gasteiger partial charge on any atom is -0.497 e. The molecule has 3 rings (SSSR count). The van der Waals surface area contributed by atoms with Crippen LogP contribution in [0.15, 0.2) is 60.1 Å². The van der Waals surface area contributed by atoms with Gasteiger partial charge in [0.2, 0.25) is 0 Å². The number of pyridine rings is 1. The Morgan fingerprint density at radius 1 is 1.16 bits per heavy atom. The van der Waals surface area contributed by atoms with Crippen LogP contribution in [0.5, 0.6) is 11.5 Å². The number of ether oxygens (including phenoxy) is 2. The molecule has 0 bridgehead atoms. The van der Waals surface area contributed by atoms with Crippen LogP contribution >= 0.6 is 11.3 Å². The first kappa shape index (κ1) is 17.0. The van der Waals surface area contributed by atoms with Crippen LogP contribution in [0, 0.1) is 0 Å². The number of thiophene rings is 1. The molecule has 0 fully saturated rings. The SMILES string of the molecule is COc1ccc(OCC(=O)NCc2ccnc(-c3cccs3)c2)cc1. The number of rotatable bonds is 7. The molecule has 0 aliphatic carbocycles. The highest BCUT2D eigenvalue weighted by Crippen LogP contribution is 2.23. The molecule has 0 saturated carbocycles. The number of carbonyl (C=O) groups is 1. The van der Waals surface area contributed by atoms with Gasteiger partial charge in [0, 0.05) is 12.7 Å². The molecule has 0 radical (unpaired) electrons. The van der Waals surface area contributed by atoms with E-state index in [-0.39, 0.29) is 12.5 Å². The molecule has 0 aliphatic heterocycles. The summed E-state index contributed by atoms with van der Waals surface area (Å²) in [7, 11) is 1.60. The van der Waals surface area contributed by atoms with Crippen molar-refractivity contribution in [2.45, 2.75) is 6.54 Å². The summed E-state index contributed by atoms with van der Waals surface area (Å²) in [6, 6.07) is 15.0. The Hall–Kier alpha value is -2.86. The van der Waals surface area contributed by atoms with Crippen molar-refractivity contribution in [1.29, 1.82) is 0 Å². The molecule has 1 N–H and O–H groups in total. The van der Waals surface area contributed by atoms with Crippen molar-refractivity contribution in [3.8, 4) is 22.1 Å². The van der Waals surface area contributed by atoms with Gasteiger partial charge in [0.05, 0.1) is 17.7 Å². The van der Waals surface area contributed by atoms with Crippen molar-refractivity contribution in [2.24, 2.45) is 0 Å². The van der Waals surface area contributed by atoms with Crippen LogP contribution in [0.1, 0.15) is 5.56 Å². The van der Waals surface area contributed by atoms with Gasteiger partial charge in [0.25, 0.3) is 5.91 Å². The Morgan fingerprint density at radius 2 is 1.96 bits per heavy atom. The van der Waals surface area contributed by atoms with Crippen molar-refractivity contribution < 1.29 is 14.3 Å². The third-order valence-electron chi connectivity index (χ3n) is 3.52. The van der Waals surface area contributed by atoms with E-state index in [0.717, 1.165) is 21.9 Å². The van der Waals surface area contributed by atoms with E-state index in [9.17, 15) is 4.79 Å². The van der Waals surface area contributed by atoms with Gasteiger partial charge < -0.3 is 14.8 Å². The normalized spacial score (nSPS) is 10.3. The Kier molecular flexibility index (Phi) is 5.64. The highest BCUT2D eigenvalue weighted by atomic mass is 32.1. The Labute approximate surface area is 150 Å². The lowest BCUT2D eigenvalue weighted by molar-refractivity contribution is -0.123. The molecule has 0 aliphatic rings. The summed E-state index contributed by atoms with van der Waals surface area (Å²) < 4.78 is 10.5. The Morgan fingerprint density at radius 3 is 2.68 bits per heavy atom. The van der Waals surface area contributed by atoms with Gasteiger partial charge in [0.1, 0.15) is 11.5 Å². The topological polar surface area (TPSA) is 60.5 Å². The first-order chi connectivity index (χ1) is 12.2. The van der Waals surface area contributed by atoms with Crippen molar-refractivity contribution in [3.63, 3.8) is 0 Å². The van der Waals surface area contributed by atoms with E-state index in [0.29, 0.717) is 12.3 Å². The number of benzene rings is 1. The summed E-state index contributed by atoms with van der Waals surface area (Å²) in [6.45, 7) is 0.404. The maximum absolute atomic E-state index is 12.0. The average Bonchev–Trinajstić information content (AvgIpc) is 3.20. The number of amides is 1. The molecule has 0 atom stereocenters. The molecule has 128 valence electrons. The Balaban J connectivity index is 1.49. The largest absolute Gasteiger partial charge is 0.497 e. The monoisotopic (exact) mass is 354 g/mol. The third-order valence-corrected chi connectivity index (χ3v) is 4.41. The average molecular weight is 354 g/mol. The highest BCUT2D eigenvalue weighted by Gasteiger charge is 2.05. The molecule has 1 amide bonds. The predicted octanol–water partition coefficient (Wildman–Crippen LogP) is 3.51. The first-order valence-electron chi connectivity index (χ1n) is 7.77. The maximum atomic E-state index is 12.0. The van der Waals surface area contributed by atoms with Crippen LogP contribution in [0.4, 0.5) is 0 Å². The van der Waals surface area contributed by atoms with E-state index >= 15 is 0 Å². The smallest absolute Gasteiger partial charge is 0.258 e. The number of aromatic nitrogens is 1. The first-order valence-corrected chi connectivity index (χ1v) is 8.65. The second kappa shape index (κ2) is 8.30. The third kappa shape index (κ3) is 4.81. The summed E-state index contributed by atoms with van der Waals surface area (Å²) in [5.74, 6) is 1.20. The molecule has 2 aromatic heterocycles. The van der Waals surface area contributed by atoms with Gasteiger partial charge in [0.15, 0.2) is 6.61 Å². The highest BCUT2D eigenvalue weighted by molar-refractivity contribution is 7.13. The standard InChI is InChI=1S/C19H18N2O3S/c1-23-15-4-6-16(7-5-15)24-13-19(22)21-12-14-8-9-20-17(11-14)18-3-2-10-25-18/h2-11H,12-13H2,1H3,(H,21,22). The lowest BCUT2D eigenvalue weighted by atomic mass is 10.2. The van der Waals surface area contributed by atoms with E-state index < -0.39 is 0 Å².